The smallest absolute Gasteiger partial charge is 0.274 e. The average Bonchev–Trinajstić information content (AvgIpc) is 2.93. The zero-order valence-electron chi connectivity index (χ0n) is 12.1. The Morgan fingerprint density at radius 2 is 2.45 bits per heavy atom. The Hall–Kier alpha value is -1.40. The molecular weight excluding hydrogens is 256 g/mol. The largest absolute Gasteiger partial charge is 0.376 e. The number of likely N-dealkylation sites (tertiary alicyclic amines) is 1. The van der Waals surface area contributed by atoms with Gasteiger partial charge >= 0.3 is 0 Å². The second kappa shape index (κ2) is 7.40. The molecule has 1 unspecified atom stereocenters. The minimum atomic E-state index is -0.00873. The first-order chi connectivity index (χ1) is 9.74. The van der Waals surface area contributed by atoms with Crippen molar-refractivity contribution in [3.05, 3.63) is 18.2 Å². The van der Waals surface area contributed by atoms with Crippen LogP contribution in [-0.4, -0.2) is 52.7 Å². The predicted octanol–water partition coefficient (Wildman–Crippen LogP) is 0.873. The normalized spacial score (nSPS) is 19.3. The van der Waals surface area contributed by atoms with Crippen LogP contribution >= 0.6 is 0 Å². The lowest BCUT2D eigenvalue weighted by atomic mass is 10.1. The Morgan fingerprint density at radius 1 is 1.60 bits per heavy atom. The number of hydrogen-bond acceptors (Lipinski definition) is 4. The lowest BCUT2D eigenvalue weighted by Crippen LogP contribution is -2.43. The monoisotopic (exact) mass is 280 g/mol. The average molecular weight is 280 g/mol. The summed E-state index contributed by atoms with van der Waals surface area (Å²) >= 11 is 0. The third-order valence-corrected chi connectivity index (χ3v) is 3.46. The van der Waals surface area contributed by atoms with E-state index in [2.05, 4.69) is 11.9 Å². The van der Waals surface area contributed by atoms with E-state index in [9.17, 15) is 4.79 Å². The zero-order valence-corrected chi connectivity index (χ0v) is 12.1. The number of rotatable bonds is 6. The third kappa shape index (κ3) is 3.80. The maximum absolute atomic E-state index is 12.4. The molecule has 1 saturated heterocycles. The minimum Gasteiger partial charge on any atom is -0.376 e. The number of ether oxygens (including phenoxy) is 1. The molecule has 0 saturated carbocycles. The predicted molar refractivity (Wildman–Crippen MR) is 76.4 cm³/mol. The Morgan fingerprint density at radius 3 is 3.20 bits per heavy atom. The number of imidazole rings is 1. The van der Waals surface area contributed by atoms with Gasteiger partial charge in [-0.25, -0.2) is 4.98 Å². The van der Waals surface area contributed by atoms with Crippen molar-refractivity contribution in [1.82, 2.24) is 14.5 Å². The number of carbonyl (C=O) groups is 1. The van der Waals surface area contributed by atoms with E-state index in [1.165, 1.54) is 0 Å². The van der Waals surface area contributed by atoms with E-state index in [-0.39, 0.29) is 12.0 Å². The fourth-order valence-corrected chi connectivity index (χ4v) is 2.45. The molecule has 1 fully saturated rings. The van der Waals surface area contributed by atoms with Gasteiger partial charge in [0.1, 0.15) is 5.69 Å². The van der Waals surface area contributed by atoms with Crippen LogP contribution in [0.4, 0.5) is 0 Å². The molecule has 1 aromatic heterocycles. The molecule has 2 rings (SSSR count). The Labute approximate surface area is 119 Å². The molecule has 1 aromatic rings. The standard InChI is InChI=1S/C14H24N4O2/c1-2-8-20-12-4-3-6-18(9-12)14(19)13-10-17(7-5-15)11-16-13/h10-12H,2-9,15H2,1H3. The summed E-state index contributed by atoms with van der Waals surface area (Å²) in [6.45, 7) is 5.54. The number of carbonyl (C=O) groups excluding carboxylic acids is 1. The van der Waals surface area contributed by atoms with Crippen molar-refractivity contribution in [1.29, 1.82) is 0 Å². The Bertz CT molecular complexity index is 433. The summed E-state index contributed by atoms with van der Waals surface area (Å²) in [6.07, 6.45) is 6.63. The van der Waals surface area contributed by atoms with Crippen LogP contribution in [0.25, 0.3) is 0 Å². The second-order valence-electron chi connectivity index (χ2n) is 5.17. The van der Waals surface area contributed by atoms with E-state index >= 15 is 0 Å². The Balaban J connectivity index is 1.93. The van der Waals surface area contributed by atoms with Gasteiger partial charge < -0.3 is 19.9 Å². The van der Waals surface area contributed by atoms with Crippen LogP contribution in [0.2, 0.25) is 0 Å². The summed E-state index contributed by atoms with van der Waals surface area (Å²) in [5.41, 5.74) is 5.99. The molecule has 0 aromatic carbocycles. The molecule has 1 aliphatic heterocycles. The van der Waals surface area contributed by atoms with Crippen molar-refractivity contribution < 1.29 is 9.53 Å². The minimum absolute atomic E-state index is 0.00873. The molecule has 0 radical (unpaired) electrons. The van der Waals surface area contributed by atoms with Gasteiger partial charge in [-0.1, -0.05) is 6.92 Å². The molecule has 1 amide bonds. The van der Waals surface area contributed by atoms with Crippen LogP contribution in [-0.2, 0) is 11.3 Å². The van der Waals surface area contributed by atoms with Gasteiger partial charge in [0.05, 0.1) is 12.4 Å². The van der Waals surface area contributed by atoms with Crippen molar-refractivity contribution in [2.75, 3.05) is 26.2 Å². The van der Waals surface area contributed by atoms with Gasteiger partial charge in [0.25, 0.3) is 5.91 Å². The Kier molecular flexibility index (Phi) is 5.55. The highest BCUT2D eigenvalue weighted by atomic mass is 16.5. The van der Waals surface area contributed by atoms with Crippen LogP contribution < -0.4 is 5.73 Å². The van der Waals surface area contributed by atoms with Crippen molar-refractivity contribution >= 4 is 5.91 Å². The summed E-state index contributed by atoms with van der Waals surface area (Å²) in [5.74, 6) is -0.00873. The lowest BCUT2D eigenvalue weighted by molar-refractivity contribution is 0.00193. The van der Waals surface area contributed by atoms with E-state index < -0.39 is 0 Å². The first-order valence-corrected chi connectivity index (χ1v) is 7.37. The van der Waals surface area contributed by atoms with Gasteiger partial charge in [0.15, 0.2) is 0 Å². The highest BCUT2D eigenvalue weighted by Crippen LogP contribution is 2.15. The van der Waals surface area contributed by atoms with Crippen LogP contribution in [0.3, 0.4) is 0 Å². The quantitative estimate of drug-likeness (QED) is 0.839. The van der Waals surface area contributed by atoms with Crippen LogP contribution in [0, 0.1) is 0 Å². The van der Waals surface area contributed by atoms with Crippen molar-refractivity contribution in [3.8, 4) is 0 Å². The number of amides is 1. The van der Waals surface area contributed by atoms with Crippen LogP contribution in [0.5, 0.6) is 0 Å². The SMILES string of the molecule is CCCOC1CCCN(C(=O)c2cn(CCN)cn2)C1. The summed E-state index contributed by atoms with van der Waals surface area (Å²) < 4.78 is 7.61. The highest BCUT2D eigenvalue weighted by Gasteiger charge is 2.25. The molecule has 0 spiro atoms. The number of nitrogens with zero attached hydrogens (tertiary/aromatic N) is 3. The van der Waals surface area contributed by atoms with E-state index in [4.69, 9.17) is 10.5 Å². The van der Waals surface area contributed by atoms with E-state index in [1.54, 1.807) is 12.5 Å². The molecule has 112 valence electrons. The van der Waals surface area contributed by atoms with Gasteiger partial charge in [-0.05, 0) is 19.3 Å². The molecule has 20 heavy (non-hydrogen) atoms. The summed E-state index contributed by atoms with van der Waals surface area (Å²) in [4.78, 5) is 18.4. The molecule has 2 heterocycles. The topological polar surface area (TPSA) is 73.4 Å². The molecule has 2 N–H and O–H groups in total. The lowest BCUT2D eigenvalue weighted by Gasteiger charge is -2.32. The highest BCUT2D eigenvalue weighted by molar-refractivity contribution is 5.92. The van der Waals surface area contributed by atoms with E-state index in [0.29, 0.717) is 25.3 Å². The number of piperidine rings is 1. The maximum Gasteiger partial charge on any atom is 0.274 e. The molecule has 6 nitrogen and oxygen atoms in total. The number of nitrogens with two attached hydrogens (primary N) is 1. The maximum atomic E-state index is 12.4. The first-order valence-electron chi connectivity index (χ1n) is 7.37. The third-order valence-electron chi connectivity index (χ3n) is 3.46. The summed E-state index contributed by atoms with van der Waals surface area (Å²) in [6, 6.07) is 0. The zero-order chi connectivity index (χ0) is 14.4. The molecular formula is C14H24N4O2. The van der Waals surface area contributed by atoms with Gasteiger partial charge in [-0.2, -0.15) is 0 Å². The van der Waals surface area contributed by atoms with Crippen LogP contribution in [0.15, 0.2) is 12.5 Å². The summed E-state index contributed by atoms with van der Waals surface area (Å²) in [7, 11) is 0. The number of hydrogen-bond donors (Lipinski definition) is 1. The van der Waals surface area contributed by atoms with Crippen molar-refractivity contribution in [3.63, 3.8) is 0 Å². The van der Waals surface area contributed by atoms with Gasteiger partial charge in [0.2, 0.25) is 0 Å². The molecule has 1 atom stereocenters. The molecule has 0 bridgehead atoms. The fourth-order valence-electron chi connectivity index (χ4n) is 2.45. The summed E-state index contributed by atoms with van der Waals surface area (Å²) in [5, 5.41) is 0. The first kappa shape index (κ1) is 15.0. The molecule has 1 aliphatic rings. The van der Waals surface area contributed by atoms with Crippen molar-refractivity contribution in [2.24, 2.45) is 5.73 Å². The molecule has 0 aliphatic carbocycles. The van der Waals surface area contributed by atoms with Gasteiger partial charge in [0, 0.05) is 39.0 Å². The van der Waals surface area contributed by atoms with E-state index in [1.807, 2.05) is 9.47 Å². The van der Waals surface area contributed by atoms with Gasteiger partial charge in [-0.15, -0.1) is 0 Å². The molecule has 6 heteroatoms. The van der Waals surface area contributed by atoms with Crippen molar-refractivity contribution in [2.45, 2.75) is 38.8 Å². The van der Waals surface area contributed by atoms with Crippen LogP contribution in [0.1, 0.15) is 36.7 Å². The van der Waals surface area contributed by atoms with E-state index in [0.717, 1.165) is 32.4 Å². The van der Waals surface area contributed by atoms with Gasteiger partial charge in [-0.3, -0.25) is 4.79 Å². The second-order valence-corrected chi connectivity index (χ2v) is 5.17. The fraction of sp³-hybridized carbons (Fsp3) is 0.714. The number of aromatic nitrogens is 2.